The number of ketones is 1. The van der Waals surface area contributed by atoms with Gasteiger partial charge in [-0.3, -0.25) is 4.79 Å². The lowest BCUT2D eigenvalue weighted by atomic mass is 10.1. The third-order valence-electron chi connectivity index (χ3n) is 3.24. The largest absolute Gasteiger partial charge is 0.340 e. The predicted octanol–water partition coefficient (Wildman–Crippen LogP) is 4.83. The van der Waals surface area contributed by atoms with Gasteiger partial charge in [-0.05, 0) is 42.5 Å². The summed E-state index contributed by atoms with van der Waals surface area (Å²) in [5.74, 6) is 0.0409. The summed E-state index contributed by atoms with van der Waals surface area (Å²) in [5, 5.41) is 2.28. The molecule has 0 fully saturated rings. The standard InChI is InChI=1S/C16H11Cl2NO/c17-12-6-4-11(5-7-12)16(20)10-19-9-8-13-14(18)2-1-3-15(13)19/h1-9H,10H2. The van der Waals surface area contributed by atoms with Crippen molar-refractivity contribution in [2.45, 2.75) is 6.54 Å². The van der Waals surface area contributed by atoms with Crippen LogP contribution in [0.15, 0.2) is 54.7 Å². The fourth-order valence-electron chi connectivity index (χ4n) is 2.21. The van der Waals surface area contributed by atoms with Crippen molar-refractivity contribution in [3.8, 4) is 0 Å². The zero-order chi connectivity index (χ0) is 14.1. The first kappa shape index (κ1) is 13.2. The van der Waals surface area contributed by atoms with Gasteiger partial charge in [-0.2, -0.15) is 0 Å². The maximum absolute atomic E-state index is 12.3. The molecule has 0 unspecified atom stereocenters. The van der Waals surface area contributed by atoms with Crippen LogP contribution in [-0.2, 0) is 6.54 Å². The number of benzene rings is 2. The van der Waals surface area contributed by atoms with Crippen LogP contribution in [0.2, 0.25) is 10.0 Å². The molecule has 2 nitrogen and oxygen atoms in total. The van der Waals surface area contributed by atoms with Gasteiger partial charge in [-0.25, -0.2) is 0 Å². The second kappa shape index (κ2) is 5.31. The van der Waals surface area contributed by atoms with E-state index in [2.05, 4.69) is 0 Å². The Hall–Kier alpha value is -1.77. The van der Waals surface area contributed by atoms with E-state index >= 15 is 0 Å². The molecule has 3 aromatic rings. The Labute approximate surface area is 126 Å². The summed E-state index contributed by atoms with van der Waals surface area (Å²) >= 11 is 12.0. The van der Waals surface area contributed by atoms with Crippen molar-refractivity contribution in [1.29, 1.82) is 0 Å². The summed E-state index contributed by atoms with van der Waals surface area (Å²) < 4.78 is 1.90. The molecule has 0 saturated carbocycles. The highest BCUT2D eigenvalue weighted by atomic mass is 35.5. The minimum absolute atomic E-state index is 0.0409. The van der Waals surface area contributed by atoms with Gasteiger partial charge >= 0.3 is 0 Å². The van der Waals surface area contributed by atoms with E-state index in [0.29, 0.717) is 15.6 Å². The minimum Gasteiger partial charge on any atom is -0.340 e. The molecule has 0 N–H and O–H groups in total. The summed E-state index contributed by atoms with van der Waals surface area (Å²) in [5.41, 5.74) is 1.61. The fraction of sp³-hybridized carbons (Fsp3) is 0.0625. The molecule has 100 valence electrons. The number of rotatable bonds is 3. The second-order valence-electron chi connectivity index (χ2n) is 4.55. The second-order valence-corrected chi connectivity index (χ2v) is 5.39. The van der Waals surface area contributed by atoms with Crippen LogP contribution in [0.5, 0.6) is 0 Å². The van der Waals surface area contributed by atoms with Crippen molar-refractivity contribution in [2.24, 2.45) is 0 Å². The van der Waals surface area contributed by atoms with E-state index in [0.717, 1.165) is 10.9 Å². The lowest BCUT2D eigenvalue weighted by Gasteiger charge is -2.05. The first-order chi connectivity index (χ1) is 9.65. The Morgan fingerprint density at radius 3 is 2.50 bits per heavy atom. The third kappa shape index (κ3) is 2.45. The zero-order valence-corrected chi connectivity index (χ0v) is 12.0. The summed E-state index contributed by atoms with van der Waals surface area (Å²) in [6, 6.07) is 14.5. The molecule has 0 bridgehead atoms. The first-order valence-electron chi connectivity index (χ1n) is 6.17. The first-order valence-corrected chi connectivity index (χ1v) is 6.93. The molecule has 0 aliphatic heterocycles. The van der Waals surface area contributed by atoms with Crippen LogP contribution in [0, 0.1) is 0 Å². The highest BCUT2D eigenvalue weighted by molar-refractivity contribution is 6.35. The Bertz CT molecular complexity index is 775. The van der Waals surface area contributed by atoms with Gasteiger partial charge in [-0.1, -0.05) is 29.3 Å². The van der Waals surface area contributed by atoms with Gasteiger partial charge in [0.25, 0.3) is 0 Å². The summed E-state index contributed by atoms with van der Waals surface area (Å²) in [6.45, 7) is 0.283. The third-order valence-corrected chi connectivity index (χ3v) is 3.82. The number of halogens is 2. The lowest BCUT2D eigenvalue weighted by molar-refractivity contribution is 0.0973. The van der Waals surface area contributed by atoms with Crippen LogP contribution in [0.25, 0.3) is 10.9 Å². The molecule has 0 saturated heterocycles. The van der Waals surface area contributed by atoms with Crippen LogP contribution in [0.3, 0.4) is 0 Å². The van der Waals surface area contributed by atoms with E-state index in [1.54, 1.807) is 24.3 Å². The van der Waals surface area contributed by atoms with E-state index in [4.69, 9.17) is 23.2 Å². The van der Waals surface area contributed by atoms with Crippen molar-refractivity contribution < 1.29 is 4.79 Å². The monoisotopic (exact) mass is 303 g/mol. The van der Waals surface area contributed by atoms with Crippen molar-refractivity contribution in [3.05, 3.63) is 70.3 Å². The van der Waals surface area contributed by atoms with Crippen LogP contribution < -0.4 is 0 Å². The van der Waals surface area contributed by atoms with Gasteiger partial charge in [0.2, 0.25) is 0 Å². The molecule has 1 aromatic heterocycles. The normalized spacial score (nSPS) is 10.9. The van der Waals surface area contributed by atoms with Gasteiger partial charge in [0.15, 0.2) is 5.78 Å². The number of Topliss-reactive ketones (excluding diaryl/α,β-unsaturated/α-hetero) is 1. The number of hydrogen-bond acceptors (Lipinski definition) is 1. The van der Waals surface area contributed by atoms with E-state index < -0.39 is 0 Å². The fourth-order valence-corrected chi connectivity index (χ4v) is 2.56. The Morgan fingerprint density at radius 1 is 1.00 bits per heavy atom. The molecule has 0 aliphatic carbocycles. The maximum atomic E-state index is 12.3. The maximum Gasteiger partial charge on any atom is 0.182 e. The molecule has 0 radical (unpaired) electrons. The number of aromatic nitrogens is 1. The summed E-state index contributed by atoms with van der Waals surface area (Å²) in [7, 11) is 0. The predicted molar refractivity (Wildman–Crippen MR) is 82.7 cm³/mol. The number of fused-ring (bicyclic) bond motifs is 1. The van der Waals surface area contributed by atoms with Crippen LogP contribution in [0.1, 0.15) is 10.4 Å². The summed E-state index contributed by atoms with van der Waals surface area (Å²) in [6.07, 6.45) is 1.88. The van der Waals surface area contributed by atoms with E-state index in [-0.39, 0.29) is 12.3 Å². The lowest BCUT2D eigenvalue weighted by Crippen LogP contribution is -2.09. The highest BCUT2D eigenvalue weighted by Crippen LogP contribution is 2.24. The average molecular weight is 304 g/mol. The molecular weight excluding hydrogens is 293 g/mol. The van der Waals surface area contributed by atoms with Crippen molar-refractivity contribution >= 4 is 39.9 Å². The highest BCUT2D eigenvalue weighted by Gasteiger charge is 2.09. The molecule has 0 spiro atoms. The number of carbonyl (C=O) groups excluding carboxylic acids is 1. The molecular formula is C16H11Cl2NO. The quantitative estimate of drug-likeness (QED) is 0.635. The van der Waals surface area contributed by atoms with Gasteiger partial charge in [-0.15, -0.1) is 0 Å². The number of hydrogen-bond donors (Lipinski definition) is 0. The molecule has 3 rings (SSSR count). The van der Waals surface area contributed by atoms with Crippen molar-refractivity contribution in [2.75, 3.05) is 0 Å². The van der Waals surface area contributed by atoms with Crippen LogP contribution in [0.4, 0.5) is 0 Å². The minimum atomic E-state index is 0.0409. The van der Waals surface area contributed by atoms with Crippen molar-refractivity contribution in [3.63, 3.8) is 0 Å². The molecule has 20 heavy (non-hydrogen) atoms. The Morgan fingerprint density at radius 2 is 1.75 bits per heavy atom. The Balaban J connectivity index is 1.91. The number of nitrogens with zero attached hydrogens (tertiary/aromatic N) is 1. The topological polar surface area (TPSA) is 22.0 Å². The molecule has 0 amide bonds. The van der Waals surface area contributed by atoms with Gasteiger partial charge in [0, 0.05) is 32.7 Å². The molecule has 1 heterocycles. The van der Waals surface area contributed by atoms with Crippen LogP contribution >= 0.6 is 23.2 Å². The smallest absolute Gasteiger partial charge is 0.182 e. The number of carbonyl (C=O) groups is 1. The van der Waals surface area contributed by atoms with E-state index in [1.165, 1.54) is 0 Å². The van der Waals surface area contributed by atoms with Crippen LogP contribution in [-0.4, -0.2) is 10.4 Å². The van der Waals surface area contributed by atoms with Gasteiger partial charge in [0.05, 0.1) is 6.54 Å². The van der Waals surface area contributed by atoms with E-state index in [1.807, 2.05) is 35.0 Å². The molecule has 0 aliphatic rings. The van der Waals surface area contributed by atoms with Crippen molar-refractivity contribution in [1.82, 2.24) is 4.57 Å². The zero-order valence-electron chi connectivity index (χ0n) is 10.5. The van der Waals surface area contributed by atoms with E-state index in [9.17, 15) is 4.79 Å². The molecule has 0 atom stereocenters. The van der Waals surface area contributed by atoms with Gasteiger partial charge < -0.3 is 4.57 Å². The average Bonchev–Trinajstić information content (AvgIpc) is 2.84. The molecule has 4 heteroatoms. The van der Waals surface area contributed by atoms with Gasteiger partial charge in [0.1, 0.15) is 0 Å². The molecule has 2 aromatic carbocycles. The Kier molecular flexibility index (Phi) is 3.51. The SMILES string of the molecule is O=C(Cn1ccc2c(Cl)cccc21)c1ccc(Cl)cc1. The summed E-state index contributed by atoms with van der Waals surface area (Å²) in [4.78, 5) is 12.3.